The Labute approximate surface area is 138 Å². The van der Waals surface area contributed by atoms with Gasteiger partial charge >= 0.3 is 0 Å². The molecule has 0 atom stereocenters. The Morgan fingerprint density at radius 3 is 2.48 bits per heavy atom. The molecule has 2 heterocycles. The lowest BCUT2D eigenvalue weighted by atomic mass is 9.95. The zero-order chi connectivity index (χ0) is 16.7. The van der Waals surface area contributed by atoms with Gasteiger partial charge in [-0.05, 0) is 55.5 Å². The zero-order valence-electron chi connectivity index (χ0n) is 14.9. The highest BCUT2D eigenvalue weighted by Crippen LogP contribution is 2.30. The fraction of sp³-hybridized carbons (Fsp3) is 0.333. The largest absolute Gasteiger partial charge is 0.249 e. The molecule has 3 aromatic rings. The first kappa shape index (κ1) is 15.7. The fourth-order valence-electron chi connectivity index (χ4n) is 3.18. The standard InChI is InChI=1S/C21H25N2/c1-13(2)18-11-17-7-8-23(6)21(20(17)22-12-18)19-10-14(3)9-15(4)16(19)5/h7-13H,1-6H3/q+1. The monoisotopic (exact) mass is 305 g/mol. The van der Waals surface area contributed by atoms with Crippen LogP contribution < -0.4 is 4.57 Å². The van der Waals surface area contributed by atoms with Gasteiger partial charge in [0.05, 0.1) is 5.56 Å². The van der Waals surface area contributed by atoms with Crippen LogP contribution >= 0.6 is 0 Å². The summed E-state index contributed by atoms with van der Waals surface area (Å²) >= 11 is 0. The maximum atomic E-state index is 4.82. The third kappa shape index (κ3) is 2.74. The molecule has 0 radical (unpaired) electrons. The Hall–Kier alpha value is -2.22. The molecule has 2 nitrogen and oxygen atoms in total. The van der Waals surface area contributed by atoms with E-state index in [1.807, 2.05) is 6.20 Å². The fourth-order valence-corrected chi connectivity index (χ4v) is 3.18. The van der Waals surface area contributed by atoms with Crippen molar-refractivity contribution in [2.24, 2.45) is 7.05 Å². The number of nitrogens with zero attached hydrogens (tertiary/aromatic N) is 2. The average Bonchev–Trinajstić information content (AvgIpc) is 2.50. The Morgan fingerprint density at radius 2 is 1.78 bits per heavy atom. The number of pyridine rings is 2. The molecule has 0 aliphatic rings. The van der Waals surface area contributed by atoms with Crippen LogP contribution in [-0.4, -0.2) is 4.98 Å². The van der Waals surface area contributed by atoms with Crippen molar-refractivity contribution in [2.75, 3.05) is 0 Å². The van der Waals surface area contributed by atoms with E-state index in [4.69, 9.17) is 4.98 Å². The van der Waals surface area contributed by atoms with Crippen LogP contribution in [0.4, 0.5) is 0 Å². The second-order valence-electron chi connectivity index (χ2n) is 6.89. The highest BCUT2D eigenvalue weighted by Gasteiger charge is 2.19. The first-order chi connectivity index (χ1) is 10.9. The number of hydrogen-bond acceptors (Lipinski definition) is 1. The van der Waals surface area contributed by atoms with Crippen LogP contribution in [0.25, 0.3) is 22.2 Å². The highest BCUT2D eigenvalue weighted by atomic mass is 14.9. The van der Waals surface area contributed by atoms with Gasteiger partial charge in [0.25, 0.3) is 0 Å². The summed E-state index contributed by atoms with van der Waals surface area (Å²) in [4.78, 5) is 4.82. The molecule has 118 valence electrons. The Kier molecular flexibility index (Phi) is 3.93. The quantitative estimate of drug-likeness (QED) is 0.623. The van der Waals surface area contributed by atoms with Gasteiger partial charge in [-0.2, -0.15) is 4.57 Å². The second-order valence-corrected chi connectivity index (χ2v) is 6.89. The minimum atomic E-state index is 0.493. The lowest BCUT2D eigenvalue weighted by Gasteiger charge is -2.12. The van der Waals surface area contributed by atoms with Crippen LogP contribution in [-0.2, 0) is 7.05 Å². The summed E-state index contributed by atoms with van der Waals surface area (Å²) in [5, 5.41) is 1.21. The summed E-state index contributed by atoms with van der Waals surface area (Å²) in [6, 6.07) is 8.95. The van der Waals surface area contributed by atoms with E-state index in [1.165, 1.54) is 38.9 Å². The summed E-state index contributed by atoms with van der Waals surface area (Å²) in [6.07, 6.45) is 4.16. The molecule has 0 amide bonds. The minimum Gasteiger partial charge on any atom is -0.249 e. The van der Waals surface area contributed by atoms with E-state index in [2.05, 4.69) is 76.7 Å². The molecule has 0 saturated carbocycles. The Balaban J connectivity index is 2.35. The molecule has 2 aromatic heterocycles. The van der Waals surface area contributed by atoms with E-state index in [1.54, 1.807) is 0 Å². The molecule has 0 unspecified atom stereocenters. The van der Waals surface area contributed by atoms with Crippen molar-refractivity contribution in [3.8, 4) is 11.3 Å². The van der Waals surface area contributed by atoms with Gasteiger partial charge in [-0.15, -0.1) is 0 Å². The van der Waals surface area contributed by atoms with E-state index in [-0.39, 0.29) is 0 Å². The van der Waals surface area contributed by atoms with Crippen molar-refractivity contribution in [2.45, 2.75) is 40.5 Å². The first-order valence-electron chi connectivity index (χ1n) is 8.25. The maximum Gasteiger partial charge on any atom is 0.239 e. The number of benzene rings is 1. The molecule has 2 heteroatoms. The minimum absolute atomic E-state index is 0.493. The molecule has 0 N–H and O–H groups in total. The van der Waals surface area contributed by atoms with Crippen LogP contribution in [0.15, 0.2) is 36.7 Å². The molecular weight excluding hydrogens is 280 g/mol. The van der Waals surface area contributed by atoms with Crippen molar-refractivity contribution in [1.29, 1.82) is 0 Å². The number of aromatic nitrogens is 2. The van der Waals surface area contributed by atoms with Gasteiger partial charge in [0.1, 0.15) is 12.6 Å². The molecule has 0 spiro atoms. The molecule has 0 saturated heterocycles. The highest BCUT2D eigenvalue weighted by molar-refractivity contribution is 5.90. The average molecular weight is 305 g/mol. The second kappa shape index (κ2) is 5.77. The summed E-state index contributed by atoms with van der Waals surface area (Å²) in [6.45, 7) is 11.0. The molecule has 1 aromatic carbocycles. The SMILES string of the molecule is Cc1cc(C)c(C)c(-c2c3ncc(C(C)C)cc3cc[n+]2C)c1. The van der Waals surface area contributed by atoms with E-state index in [0.717, 1.165) is 5.52 Å². The van der Waals surface area contributed by atoms with Crippen LogP contribution in [0.5, 0.6) is 0 Å². The van der Waals surface area contributed by atoms with Gasteiger partial charge < -0.3 is 0 Å². The molecule has 0 bridgehead atoms. The van der Waals surface area contributed by atoms with Crippen LogP contribution in [0.2, 0.25) is 0 Å². The number of rotatable bonds is 2. The summed E-state index contributed by atoms with van der Waals surface area (Å²) in [5.41, 5.74) is 8.78. The summed E-state index contributed by atoms with van der Waals surface area (Å²) in [5.74, 6) is 0.493. The van der Waals surface area contributed by atoms with Gasteiger partial charge in [-0.3, -0.25) is 0 Å². The van der Waals surface area contributed by atoms with E-state index >= 15 is 0 Å². The molecule has 0 fully saturated rings. The topological polar surface area (TPSA) is 16.8 Å². The number of fused-ring (bicyclic) bond motifs is 1. The lowest BCUT2D eigenvalue weighted by Crippen LogP contribution is -2.31. The van der Waals surface area contributed by atoms with Crippen molar-refractivity contribution in [1.82, 2.24) is 4.98 Å². The van der Waals surface area contributed by atoms with E-state index in [9.17, 15) is 0 Å². The molecule has 0 aliphatic heterocycles. The predicted octanol–water partition coefficient (Wildman–Crippen LogP) is 4.77. The first-order valence-corrected chi connectivity index (χ1v) is 8.25. The van der Waals surface area contributed by atoms with Gasteiger partial charge in [0.15, 0.2) is 6.20 Å². The van der Waals surface area contributed by atoms with Gasteiger partial charge in [0.2, 0.25) is 5.69 Å². The lowest BCUT2D eigenvalue weighted by molar-refractivity contribution is -0.659. The predicted molar refractivity (Wildman–Crippen MR) is 96.7 cm³/mol. The van der Waals surface area contributed by atoms with Crippen molar-refractivity contribution < 1.29 is 4.57 Å². The molecular formula is C21H25N2+. The van der Waals surface area contributed by atoms with Gasteiger partial charge in [-0.25, -0.2) is 4.98 Å². The van der Waals surface area contributed by atoms with Crippen LogP contribution in [0.3, 0.4) is 0 Å². The summed E-state index contributed by atoms with van der Waals surface area (Å²) in [7, 11) is 2.10. The Morgan fingerprint density at radius 1 is 1.04 bits per heavy atom. The van der Waals surface area contributed by atoms with E-state index in [0.29, 0.717) is 5.92 Å². The number of hydrogen-bond donors (Lipinski definition) is 0. The summed E-state index contributed by atoms with van der Waals surface area (Å²) < 4.78 is 2.19. The number of aryl methyl sites for hydroxylation is 3. The van der Waals surface area contributed by atoms with Crippen LogP contribution in [0, 0.1) is 20.8 Å². The Bertz CT molecular complexity index is 892. The molecule has 3 rings (SSSR count). The maximum absolute atomic E-state index is 4.82. The van der Waals surface area contributed by atoms with Gasteiger partial charge in [0, 0.05) is 17.6 Å². The van der Waals surface area contributed by atoms with Crippen molar-refractivity contribution in [3.05, 3.63) is 58.9 Å². The smallest absolute Gasteiger partial charge is 0.239 e. The third-order valence-electron chi connectivity index (χ3n) is 4.73. The molecule has 23 heavy (non-hydrogen) atoms. The van der Waals surface area contributed by atoms with E-state index < -0.39 is 0 Å². The third-order valence-corrected chi connectivity index (χ3v) is 4.73. The normalized spacial score (nSPS) is 11.4. The van der Waals surface area contributed by atoms with Crippen molar-refractivity contribution >= 4 is 10.9 Å². The van der Waals surface area contributed by atoms with Crippen molar-refractivity contribution in [3.63, 3.8) is 0 Å². The van der Waals surface area contributed by atoms with Crippen LogP contribution in [0.1, 0.15) is 42.0 Å². The van der Waals surface area contributed by atoms with Gasteiger partial charge in [-0.1, -0.05) is 25.5 Å². The molecule has 0 aliphatic carbocycles. The zero-order valence-corrected chi connectivity index (χ0v) is 14.9.